The lowest BCUT2D eigenvalue weighted by Gasteiger charge is -2.24. The highest BCUT2D eigenvalue weighted by atomic mass is 35.5. The van der Waals surface area contributed by atoms with Crippen LogP contribution in [-0.2, 0) is 0 Å². The molecule has 1 aromatic rings. The van der Waals surface area contributed by atoms with Gasteiger partial charge in [0.2, 0.25) is 0 Å². The van der Waals surface area contributed by atoms with Crippen molar-refractivity contribution in [3.8, 4) is 5.75 Å². The molecule has 0 radical (unpaired) electrons. The summed E-state index contributed by atoms with van der Waals surface area (Å²) in [6.45, 7) is 3.13. The molecule has 0 amide bonds. The molecule has 4 heteroatoms. The quantitative estimate of drug-likeness (QED) is 0.788. The maximum atomic E-state index is 10.1. The summed E-state index contributed by atoms with van der Waals surface area (Å²) in [4.78, 5) is 0. The zero-order valence-corrected chi connectivity index (χ0v) is 13.5. The maximum absolute atomic E-state index is 10.1. The standard InChI is InChI=1S/C17H26ClNO2/c1-13-7-3-2-4-9-16(13)19-11-14(20)12-21-17-10-6-5-8-15(17)18/h5-6,8,10,13-14,16,19-20H,2-4,7,9,11-12H2,1H3. The number of halogens is 1. The minimum absolute atomic E-state index is 0.262. The van der Waals surface area contributed by atoms with Gasteiger partial charge in [0.25, 0.3) is 0 Å². The Kier molecular flexibility index (Phi) is 6.81. The van der Waals surface area contributed by atoms with Crippen LogP contribution in [0.1, 0.15) is 39.0 Å². The molecule has 2 rings (SSSR count). The first-order valence-corrected chi connectivity index (χ1v) is 8.33. The molecule has 0 heterocycles. The topological polar surface area (TPSA) is 41.5 Å². The van der Waals surface area contributed by atoms with Gasteiger partial charge in [0.05, 0.1) is 5.02 Å². The van der Waals surface area contributed by atoms with Crippen LogP contribution in [0.25, 0.3) is 0 Å². The smallest absolute Gasteiger partial charge is 0.138 e. The van der Waals surface area contributed by atoms with Crippen LogP contribution in [0, 0.1) is 5.92 Å². The Labute approximate surface area is 132 Å². The third-order valence-corrected chi connectivity index (χ3v) is 4.56. The molecule has 0 aliphatic heterocycles. The Morgan fingerprint density at radius 1 is 1.29 bits per heavy atom. The highest BCUT2D eigenvalue weighted by molar-refractivity contribution is 6.32. The van der Waals surface area contributed by atoms with E-state index in [0.717, 1.165) is 0 Å². The predicted octanol–water partition coefficient (Wildman–Crippen LogP) is 3.64. The van der Waals surface area contributed by atoms with Crippen molar-refractivity contribution >= 4 is 11.6 Å². The highest BCUT2D eigenvalue weighted by Gasteiger charge is 2.20. The van der Waals surface area contributed by atoms with Gasteiger partial charge in [-0.3, -0.25) is 0 Å². The molecule has 1 aliphatic rings. The van der Waals surface area contributed by atoms with E-state index in [1.165, 1.54) is 32.1 Å². The summed E-state index contributed by atoms with van der Waals surface area (Å²) in [7, 11) is 0. The lowest BCUT2D eigenvalue weighted by molar-refractivity contribution is 0.101. The molecule has 3 nitrogen and oxygen atoms in total. The number of ether oxygens (including phenoxy) is 1. The van der Waals surface area contributed by atoms with E-state index in [1.807, 2.05) is 18.2 Å². The molecule has 3 unspecified atom stereocenters. The second kappa shape index (κ2) is 8.62. The molecular formula is C17H26ClNO2. The summed E-state index contributed by atoms with van der Waals surface area (Å²) < 4.78 is 5.57. The second-order valence-electron chi connectivity index (χ2n) is 6.03. The molecule has 0 aromatic heterocycles. The first kappa shape index (κ1) is 16.6. The van der Waals surface area contributed by atoms with Crippen LogP contribution in [0.3, 0.4) is 0 Å². The second-order valence-corrected chi connectivity index (χ2v) is 6.43. The van der Waals surface area contributed by atoms with Gasteiger partial charge >= 0.3 is 0 Å². The van der Waals surface area contributed by atoms with Gasteiger partial charge in [0.1, 0.15) is 18.5 Å². The molecular weight excluding hydrogens is 286 g/mol. The summed E-state index contributed by atoms with van der Waals surface area (Å²) in [5.41, 5.74) is 0. The van der Waals surface area contributed by atoms with Crippen LogP contribution >= 0.6 is 11.6 Å². The van der Waals surface area contributed by atoms with Gasteiger partial charge in [-0.2, -0.15) is 0 Å². The van der Waals surface area contributed by atoms with E-state index in [0.29, 0.717) is 29.3 Å². The van der Waals surface area contributed by atoms with Crippen molar-refractivity contribution in [1.82, 2.24) is 5.32 Å². The molecule has 1 aromatic carbocycles. The van der Waals surface area contributed by atoms with Crippen LogP contribution < -0.4 is 10.1 Å². The minimum atomic E-state index is -0.517. The third kappa shape index (κ3) is 5.50. The number of benzene rings is 1. The van der Waals surface area contributed by atoms with E-state index < -0.39 is 6.10 Å². The van der Waals surface area contributed by atoms with Gasteiger partial charge in [0.15, 0.2) is 0 Å². The van der Waals surface area contributed by atoms with E-state index in [4.69, 9.17) is 16.3 Å². The van der Waals surface area contributed by atoms with Crippen LogP contribution in [0.4, 0.5) is 0 Å². The number of hydrogen-bond donors (Lipinski definition) is 2. The van der Waals surface area contributed by atoms with Crippen LogP contribution in [0.15, 0.2) is 24.3 Å². The van der Waals surface area contributed by atoms with Gasteiger partial charge < -0.3 is 15.2 Å². The van der Waals surface area contributed by atoms with Crippen molar-refractivity contribution in [3.63, 3.8) is 0 Å². The molecule has 2 N–H and O–H groups in total. The third-order valence-electron chi connectivity index (χ3n) is 4.25. The first-order valence-electron chi connectivity index (χ1n) is 7.95. The molecule has 3 atom stereocenters. The zero-order chi connectivity index (χ0) is 15.1. The molecule has 21 heavy (non-hydrogen) atoms. The monoisotopic (exact) mass is 311 g/mol. The summed E-state index contributed by atoms with van der Waals surface area (Å²) in [6.07, 6.45) is 5.92. The number of rotatable bonds is 6. The van der Waals surface area contributed by atoms with Crippen LogP contribution in [0.5, 0.6) is 5.75 Å². The Bertz CT molecular complexity index is 427. The first-order chi connectivity index (χ1) is 10.2. The minimum Gasteiger partial charge on any atom is -0.489 e. The molecule has 1 fully saturated rings. The van der Waals surface area contributed by atoms with Crippen molar-refractivity contribution < 1.29 is 9.84 Å². The van der Waals surface area contributed by atoms with Crippen LogP contribution in [0.2, 0.25) is 5.02 Å². The summed E-state index contributed by atoms with van der Waals surface area (Å²) >= 11 is 6.02. The average Bonchev–Trinajstić information content (AvgIpc) is 2.69. The molecule has 0 spiro atoms. The SMILES string of the molecule is CC1CCCCCC1NCC(O)COc1ccccc1Cl. The number of aliphatic hydroxyl groups excluding tert-OH is 1. The fourth-order valence-electron chi connectivity index (χ4n) is 2.89. The Hall–Kier alpha value is -0.770. The Morgan fingerprint density at radius 3 is 2.86 bits per heavy atom. The lowest BCUT2D eigenvalue weighted by Crippen LogP contribution is -2.41. The predicted molar refractivity (Wildman–Crippen MR) is 87.0 cm³/mol. The number of hydrogen-bond acceptors (Lipinski definition) is 3. The molecule has 0 bridgehead atoms. The van der Waals surface area contributed by atoms with Crippen LogP contribution in [-0.4, -0.2) is 30.4 Å². The number of aliphatic hydroxyl groups is 1. The number of para-hydroxylation sites is 1. The highest BCUT2D eigenvalue weighted by Crippen LogP contribution is 2.24. The Morgan fingerprint density at radius 2 is 2.05 bits per heavy atom. The van der Waals surface area contributed by atoms with Crippen molar-refractivity contribution in [2.75, 3.05) is 13.2 Å². The average molecular weight is 312 g/mol. The van der Waals surface area contributed by atoms with Gasteiger partial charge in [-0.15, -0.1) is 0 Å². The fourth-order valence-corrected chi connectivity index (χ4v) is 3.08. The maximum Gasteiger partial charge on any atom is 0.138 e. The largest absolute Gasteiger partial charge is 0.489 e. The van der Waals surface area contributed by atoms with E-state index in [2.05, 4.69) is 12.2 Å². The van der Waals surface area contributed by atoms with E-state index >= 15 is 0 Å². The van der Waals surface area contributed by atoms with E-state index in [1.54, 1.807) is 6.07 Å². The van der Waals surface area contributed by atoms with Crippen molar-refractivity contribution in [1.29, 1.82) is 0 Å². The summed E-state index contributed by atoms with van der Waals surface area (Å²) in [6, 6.07) is 7.85. The fraction of sp³-hybridized carbons (Fsp3) is 0.647. The molecule has 1 aliphatic carbocycles. The molecule has 1 saturated carbocycles. The van der Waals surface area contributed by atoms with Gasteiger partial charge in [-0.1, -0.05) is 49.9 Å². The van der Waals surface area contributed by atoms with E-state index in [9.17, 15) is 5.11 Å². The summed E-state index contributed by atoms with van der Waals surface area (Å²) in [5.74, 6) is 1.31. The summed E-state index contributed by atoms with van der Waals surface area (Å²) in [5, 5.41) is 14.1. The van der Waals surface area contributed by atoms with Crippen molar-refractivity contribution in [2.45, 2.75) is 51.2 Å². The lowest BCUT2D eigenvalue weighted by atomic mass is 9.97. The van der Waals surface area contributed by atoms with Gasteiger partial charge in [-0.25, -0.2) is 0 Å². The molecule has 118 valence electrons. The molecule has 0 saturated heterocycles. The zero-order valence-electron chi connectivity index (χ0n) is 12.7. The number of nitrogens with one attached hydrogen (secondary N) is 1. The van der Waals surface area contributed by atoms with Gasteiger partial charge in [-0.05, 0) is 30.9 Å². The van der Waals surface area contributed by atoms with Crippen molar-refractivity contribution in [2.24, 2.45) is 5.92 Å². The van der Waals surface area contributed by atoms with Crippen molar-refractivity contribution in [3.05, 3.63) is 29.3 Å². The normalized spacial score (nSPS) is 24.3. The Balaban J connectivity index is 1.72. The van der Waals surface area contributed by atoms with Gasteiger partial charge in [0, 0.05) is 12.6 Å². The van der Waals surface area contributed by atoms with E-state index in [-0.39, 0.29) is 6.61 Å².